The molecule has 0 aliphatic heterocycles. The van der Waals surface area contributed by atoms with Crippen LogP contribution in [0, 0.1) is 0 Å². The zero-order valence-electron chi connectivity index (χ0n) is 9.56. The van der Waals surface area contributed by atoms with Gasteiger partial charge in [0, 0.05) is 17.6 Å². The number of aryl methyl sites for hydroxylation is 1. The molecule has 0 aliphatic carbocycles. The molecule has 90 valence electrons. The molecule has 4 nitrogen and oxygen atoms in total. The van der Waals surface area contributed by atoms with Crippen molar-refractivity contribution in [2.45, 2.75) is 20.1 Å². The summed E-state index contributed by atoms with van der Waals surface area (Å²) in [5.41, 5.74) is 6.59. The summed E-state index contributed by atoms with van der Waals surface area (Å²) in [6.07, 6.45) is 0. The highest BCUT2D eigenvalue weighted by Gasteiger charge is 2.04. The van der Waals surface area contributed by atoms with E-state index < -0.39 is 0 Å². The molecule has 1 aromatic carbocycles. The van der Waals surface area contributed by atoms with Gasteiger partial charge < -0.3 is 10.5 Å². The summed E-state index contributed by atoms with van der Waals surface area (Å²) in [6.45, 7) is 3.15. The van der Waals surface area contributed by atoms with Gasteiger partial charge in [0.15, 0.2) is 0 Å². The highest BCUT2D eigenvalue weighted by molar-refractivity contribution is 6.30. The van der Waals surface area contributed by atoms with Gasteiger partial charge in [-0.05, 0) is 31.2 Å². The minimum atomic E-state index is 0.402. The molecule has 0 bridgehead atoms. The summed E-state index contributed by atoms with van der Waals surface area (Å²) in [5, 5.41) is 4.99. The Morgan fingerprint density at radius 3 is 2.65 bits per heavy atom. The van der Waals surface area contributed by atoms with Gasteiger partial charge in [0.1, 0.15) is 23.9 Å². The summed E-state index contributed by atoms with van der Waals surface area (Å²) in [6, 6.07) is 9.04. The van der Waals surface area contributed by atoms with Crippen molar-refractivity contribution in [3.63, 3.8) is 0 Å². The molecule has 0 amide bonds. The molecular weight excluding hydrogens is 238 g/mol. The third kappa shape index (κ3) is 2.91. The number of nitrogens with two attached hydrogens (primary N) is 1. The van der Waals surface area contributed by atoms with Crippen LogP contribution in [0.5, 0.6) is 5.75 Å². The fourth-order valence-electron chi connectivity index (χ4n) is 1.50. The van der Waals surface area contributed by atoms with Gasteiger partial charge in [0.2, 0.25) is 0 Å². The Bertz CT molecular complexity index is 493. The van der Waals surface area contributed by atoms with Gasteiger partial charge in [0.05, 0.1) is 0 Å². The maximum absolute atomic E-state index is 5.78. The smallest absolute Gasteiger partial charge is 0.132 e. The molecule has 2 rings (SSSR count). The van der Waals surface area contributed by atoms with E-state index in [2.05, 4.69) is 5.10 Å². The fraction of sp³-hybridized carbons (Fsp3) is 0.250. The average Bonchev–Trinajstić information content (AvgIpc) is 2.69. The number of nitrogen functional groups attached to an aromatic ring is 1. The molecule has 0 saturated carbocycles. The lowest BCUT2D eigenvalue weighted by Crippen LogP contribution is -2.02. The average molecular weight is 252 g/mol. The molecule has 5 heteroatoms. The highest BCUT2D eigenvalue weighted by Crippen LogP contribution is 2.17. The topological polar surface area (TPSA) is 53.1 Å². The van der Waals surface area contributed by atoms with Crippen molar-refractivity contribution in [3.8, 4) is 5.75 Å². The van der Waals surface area contributed by atoms with Crippen molar-refractivity contribution in [3.05, 3.63) is 41.0 Å². The predicted octanol–water partition coefficient (Wildman–Crippen LogP) is 2.72. The van der Waals surface area contributed by atoms with E-state index in [0.717, 1.165) is 18.0 Å². The normalized spacial score (nSPS) is 10.5. The monoisotopic (exact) mass is 251 g/mol. The number of hydrogen-bond donors (Lipinski definition) is 1. The molecule has 0 spiro atoms. The Morgan fingerprint density at radius 1 is 1.35 bits per heavy atom. The van der Waals surface area contributed by atoms with E-state index in [4.69, 9.17) is 22.1 Å². The standard InChI is InChI=1S/C12H14ClN3O/c1-2-16-12(14)7-10(15-16)8-17-11-5-3-9(13)4-6-11/h3-7H,2,8,14H2,1H3. The lowest BCUT2D eigenvalue weighted by molar-refractivity contribution is 0.299. The van der Waals surface area contributed by atoms with E-state index in [1.54, 1.807) is 16.8 Å². The van der Waals surface area contributed by atoms with Gasteiger partial charge in [-0.3, -0.25) is 4.68 Å². The number of aromatic nitrogens is 2. The van der Waals surface area contributed by atoms with E-state index in [0.29, 0.717) is 17.4 Å². The molecule has 0 fully saturated rings. The van der Waals surface area contributed by atoms with Gasteiger partial charge in [-0.1, -0.05) is 11.6 Å². The molecule has 1 aromatic heterocycles. The molecule has 1 heterocycles. The number of halogens is 1. The first kappa shape index (κ1) is 11.8. The molecule has 0 unspecified atom stereocenters. The van der Waals surface area contributed by atoms with Crippen molar-refractivity contribution in [2.24, 2.45) is 0 Å². The first-order valence-electron chi connectivity index (χ1n) is 5.39. The van der Waals surface area contributed by atoms with Crippen LogP contribution in [0.2, 0.25) is 5.02 Å². The molecule has 0 aliphatic rings. The van der Waals surface area contributed by atoms with E-state index >= 15 is 0 Å². The molecule has 0 radical (unpaired) electrons. The largest absolute Gasteiger partial charge is 0.487 e. The van der Waals surface area contributed by atoms with Gasteiger partial charge in [-0.2, -0.15) is 5.10 Å². The van der Waals surface area contributed by atoms with Crippen LogP contribution in [0.3, 0.4) is 0 Å². The maximum atomic E-state index is 5.78. The van der Waals surface area contributed by atoms with Crippen LogP contribution in [-0.2, 0) is 13.2 Å². The molecule has 0 saturated heterocycles. The Balaban J connectivity index is 1.99. The molecule has 0 atom stereocenters. The Morgan fingerprint density at radius 2 is 2.06 bits per heavy atom. The first-order valence-corrected chi connectivity index (χ1v) is 5.77. The lowest BCUT2D eigenvalue weighted by Gasteiger charge is -2.03. The highest BCUT2D eigenvalue weighted by atomic mass is 35.5. The number of nitrogens with zero attached hydrogens (tertiary/aromatic N) is 2. The van der Waals surface area contributed by atoms with Crippen LogP contribution in [0.15, 0.2) is 30.3 Å². The third-order valence-electron chi connectivity index (χ3n) is 2.36. The van der Waals surface area contributed by atoms with Crippen LogP contribution in [0.1, 0.15) is 12.6 Å². The second-order valence-corrected chi connectivity index (χ2v) is 4.06. The van der Waals surface area contributed by atoms with E-state index in [-0.39, 0.29) is 0 Å². The van der Waals surface area contributed by atoms with E-state index in [1.165, 1.54) is 0 Å². The quantitative estimate of drug-likeness (QED) is 0.909. The Labute approximate surface area is 105 Å². The minimum Gasteiger partial charge on any atom is -0.487 e. The molecule has 2 N–H and O–H groups in total. The molecule has 2 aromatic rings. The fourth-order valence-corrected chi connectivity index (χ4v) is 1.62. The number of hydrogen-bond acceptors (Lipinski definition) is 3. The van der Waals surface area contributed by atoms with Crippen molar-refractivity contribution < 1.29 is 4.74 Å². The number of benzene rings is 1. The van der Waals surface area contributed by atoms with Crippen molar-refractivity contribution in [1.29, 1.82) is 0 Å². The zero-order chi connectivity index (χ0) is 12.3. The van der Waals surface area contributed by atoms with E-state index in [1.807, 2.05) is 25.1 Å². The van der Waals surface area contributed by atoms with Gasteiger partial charge >= 0.3 is 0 Å². The summed E-state index contributed by atoms with van der Waals surface area (Å²) in [4.78, 5) is 0. The maximum Gasteiger partial charge on any atom is 0.132 e. The van der Waals surface area contributed by atoms with Crippen LogP contribution in [-0.4, -0.2) is 9.78 Å². The lowest BCUT2D eigenvalue weighted by atomic mass is 10.3. The van der Waals surface area contributed by atoms with Gasteiger partial charge in [0.25, 0.3) is 0 Å². The number of anilines is 1. The van der Waals surface area contributed by atoms with Crippen LogP contribution < -0.4 is 10.5 Å². The first-order chi connectivity index (χ1) is 8.19. The van der Waals surface area contributed by atoms with E-state index in [9.17, 15) is 0 Å². The van der Waals surface area contributed by atoms with Crippen molar-refractivity contribution in [2.75, 3.05) is 5.73 Å². The number of rotatable bonds is 4. The SMILES string of the molecule is CCn1nc(COc2ccc(Cl)cc2)cc1N. The number of ether oxygens (including phenoxy) is 1. The van der Waals surface area contributed by atoms with Crippen LogP contribution in [0.25, 0.3) is 0 Å². The second-order valence-electron chi connectivity index (χ2n) is 3.62. The zero-order valence-corrected chi connectivity index (χ0v) is 10.3. The van der Waals surface area contributed by atoms with Gasteiger partial charge in [-0.25, -0.2) is 0 Å². The van der Waals surface area contributed by atoms with Crippen molar-refractivity contribution in [1.82, 2.24) is 9.78 Å². The van der Waals surface area contributed by atoms with Crippen molar-refractivity contribution >= 4 is 17.4 Å². The summed E-state index contributed by atoms with van der Waals surface area (Å²) >= 11 is 5.78. The summed E-state index contributed by atoms with van der Waals surface area (Å²) < 4.78 is 7.31. The summed E-state index contributed by atoms with van der Waals surface area (Å²) in [7, 11) is 0. The second kappa shape index (κ2) is 5.10. The molecular formula is C12H14ClN3O. The minimum absolute atomic E-state index is 0.402. The third-order valence-corrected chi connectivity index (χ3v) is 2.61. The predicted molar refractivity (Wildman–Crippen MR) is 68.1 cm³/mol. The van der Waals surface area contributed by atoms with Crippen LogP contribution in [0.4, 0.5) is 5.82 Å². The van der Waals surface area contributed by atoms with Gasteiger partial charge in [-0.15, -0.1) is 0 Å². The van der Waals surface area contributed by atoms with Crippen LogP contribution >= 0.6 is 11.6 Å². The Kier molecular flexibility index (Phi) is 3.54. The Hall–Kier alpha value is -1.68. The summed E-state index contributed by atoms with van der Waals surface area (Å²) in [5.74, 6) is 1.42. The molecule has 17 heavy (non-hydrogen) atoms.